The molecule has 0 bridgehead atoms. The predicted molar refractivity (Wildman–Crippen MR) is 166 cm³/mol. The zero-order valence-electron chi connectivity index (χ0n) is 23.0. The first kappa shape index (κ1) is 26.3. The van der Waals surface area contributed by atoms with E-state index in [0.717, 1.165) is 25.9 Å². The summed E-state index contributed by atoms with van der Waals surface area (Å²) in [5.74, 6) is 0.308. The van der Waals surface area contributed by atoms with Gasteiger partial charge in [-0.05, 0) is 40.7 Å². The molecule has 1 N–H and O–H groups in total. The Morgan fingerprint density at radius 3 is 1.57 bits per heavy atom. The lowest BCUT2D eigenvalue weighted by Gasteiger charge is -2.51. The van der Waals surface area contributed by atoms with Gasteiger partial charge in [0.2, 0.25) is 0 Å². The second-order valence-electron chi connectivity index (χ2n) is 10.9. The standard InChI is InChI=1S/C38H38N2/c1-6-16-30(17-7-1)26-27-40-36(32-20-10-3-11-21-32)28-35(39-29-31-18-8-2-9-19-31)37(33-22-12-4-13-23-33)38(40)34-24-14-5-15-25-34/h1-25,35-39H,26-29H2/t35-,36-,37-,38+/m0/s1. The summed E-state index contributed by atoms with van der Waals surface area (Å²) in [7, 11) is 0. The molecular formula is C38H38N2. The van der Waals surface area contributed by atoms with Gasteiger partial charge in [0.05, 0.1) is 0 Å². The molecule has 2 heteroatoms. The van der Waals surface area contributed by atoms with Crippen molar-refractivity contribution < 1.29 is 0 Å². The normalized spacial score (nSPS) is 21.2. The highest BCUT2D eigenvalue weighted by Crippen LogP contribution is 2.49. The molecule has 5 aromatic rings. The largest absolute Gasteiger partial charge is 0.309 e. The van der Waals surface area contributed by atoms with Crippen LogP contribution in [-0.4, -0.2) is 17.5 Å². The second kappa shape index (κ2) is 12.9. The Labute approximate surface area is 239 Å². The van der Waals surface area contributed by atoms with E-state index < -0.39 is 0 Å². The molecule has 0 aromatic heterocycles. The van der Waals surface area contributed by atoms with Gasteiger partial charge in [-0.2, -0.15) is 0 Å². The number of nitrogens with zero attached hydrogens (tertiary/aromatic N) is 1. The molecule has 40 heavy (non-hydrogen) atoms. The van der Waals surface area contributed by atoms with Gasteiger partial charge >= 0.3 is 0 Å². The van der Waals surface area contributed by atoms with Crippen molar-refractivity contribution >= 4 is 0 Å². The fourth-order valence-electron chi connectivity index (χ4n) is 6.54. The number of hydrogen-bond acceptors (Lipinski definition) is 2. The molecule has 1 heterocycles. The minimum Gasteiger partial charge on any atom is -0.309 e. The fourth-order valence-corrected chi connectivity index (χ4v) is 6.54. The molecule has 4 atom stereocenters. The summed E-state index contributed by atoms with van der Waals surface area (Å²) in [6.07, 6.45) is 2.08. The summed E-state index contributed by atoms with van der Waals surface area (Å²) in [5.41, 5.74) is 6.90. The highest BCUT2D eigenvalue weighted by Gasteiger charge is 2.44. The van der Waals surface area contributed by atoms with Crippen LogP contribution < -0.4 is 5.32 Å². The maximum Gasteiger partial charge on any atom is 0.0437 e. The predicted octanol–water partition coefficient (Wildman–Crippen LogP) is 8.36. The Kier molecular flexibility index (Phi) is 8.48. The summed E-state index contributed by atoms with van der Waals surface area (Å²) in [4.78, 5) is 2.80. The van der Waals surface area contributed by atoms with Crippen molar-refractivity contribution in [2.75, 3.05) is 6.54 Å². The van der Waals surface area contributed by atoms with Gasteiger partial charge in [0.25, 0.3) is 0 Å². The van der Waals surface area contributed by atoms with E-state index in [4.69, 9.17) is 0 Å². The molecule has 0 spiro atoms. The quantitative estimate of drug-likeness (QED) is 0.209. The number of benzene rings is 5. The summed E-state index contributed by atoms with van der Waals surface area (Å²) >= 11 is 0. The number of likely N-dealkylation sites (tertiary alicyclic amines) is 1. The molecule has 0 unspecified atom stereocenters. The van der Waals surface area contributed by atoms with E-state index in [1.54, 1.807) is 0 Å². The molecule has 5 aromatic carbocycles. The van der Waals surface area contributed by atoms with Crippen LogP contribution in [0.4, 0.5) is 0 Å². The molecule has 2 nitrogen and oxygen atoms in total. The topological polar surface area (TPSA) is 15.3 Å². The zero-order chi connectivity index (χ0) is 27.0. The minimum absolute atomic E-state index is 0.236. The van der Waals surface area contributed by atoms with Crippen molar-refractivity contribution in [3.8, 4) is 0 Å². The van der Waals surface area contributed by atoms with Crippen LogP contribution in [0.15, 0.2) is 152 Å². The highest BCUT2D eigenvalue weighted by atomic mass is 15.2. The molecule has 0 amide bonds. The van der Waals surface area contributed by atoms with Gasteiger partial charge in [-0.25, -0.2) is 0 Å². The van der Waals surface area contributed by atoms with Crippen molar-refractivity contribution in [3.05, 3.63) is 179 Å². The first-order valence-corrected chi connectivity index (χ1v) is 14.6. The van der Waals surface area contributed by atoms with Gasteiger partial charge < -0.3 is 5.32 Å². The monoisotopic (exact) mass is 522 g/mol. The minimum atomic E-state index is 0.236. The Bertz CT molecular complexity index is 1420. The number of nitrogens with one attached hydrogen (secondary N) is 1. The van der Waals surface area contributed by atoms with E-state index in [2.05, 4.69) is 162 Å². The third-order valence-corrected chi connectivity index (χ3v) is 8.43. The molecule has 200 valence electrons. The highest BCUT2D eigenvalue weighted by molar-refractivity contribution is 5.34. The van der Waals surface area contributed by atoms with Crippen LogP contribution in [0.1, 0.15) is 52.2 Å². The third kappa shape index (κ3) is 6.09. The van der Waals surface area contributed by atoms with Gasteiger partial charge in [-0.3, -0.25) is 4.90 Å². The van der Waals surface area contributed by atoms with Crippen LogP contribution in [-0.2, 0) is 13.0 Å². The average Bonchev–Trinajstić information content (AvgIpc) is 3.04. The molecule has 0 saturated carbocycles. The van der Waals surface area contributed by atoms with Crippen LogP contribution in [0.2, 0.25) is 0 Å². The van der Waals surface area contributed by atoms with Crippen molar-refractivity contribution in [3.63, 3.8) is 0 Å². The molecule has 1 fully saturated rings. The summed E-state index contributed by atoms with van der Waals surface area (Å²) < 4.78 is 0. The van der Waals surface area contributed by atoms with Crippen molar-refractivity contribution in [1.82, 2.24) is 10.2 Å². The molecule has 1 aliphatic heterocycles. The lowest BCUT2D eigenvalue weighted by Crippen LogP contribution is -2.51. The van der Waals surface area contributed by atoms with Gasteiger partial charge in [-0.1, -0.05) is 152 Å². The third-order valence-electron chi connectivity index (χ3n) is 8.43. The van der Waals surface area contributed by atoms with Crippen LogP contribution in [0, 0.1) is 0 Å². The van der Waals surface area contributed by atoms with Gasteiger partial charge in [-0.15, -0.1) is 0 Å². The van der Waals surface area contributed by atoms with E-state index in [9.17, 15) is 0 Å². The Hall–Kier alpha value is -3.98. The average molecular weight is 523 g/mol. The number of hydrogen-bond donors (Lipinski definition) is 1. The first-order valence-electron chi connectivity index (χ1n) is 14.6. The Morgan fingerprint density at radius 2 is 1.00 bits per heavy atom. The smallest absolute Gasteiger partial charge is 0.0437 e. The molecule has 1 aliphatic rings. The Morgan fingerprint density at radius 1 is 0.525 bits per heavy atom. The van der Waals surface area contributed by atoms with E-state index in [0.29, 0.717) is 18.0 Å². The number of piperidine rings is 1. The van der Waals surface area contributed by atoms with Crippen molar-refractivity contribution in [1.29, 1.82) is 0 Å². The molecule has 0 radical (unpaired) electrons. The lowest BCUT2D eigenvalue weighted by molar-refractivity contribution is 0.0429. The zero-order valence-corrected chi connectivity index (χ0v) is 23.0. The van der Waals surface area contributed by atoms with Crippen molar-refractivity contribution in [2.24, 2.45) is 0 Å². The van der Waals surface area contributed by atoms with E-state index in [1.165, 1.54) is 27.8 Å². The van der Waals surface area contributed by atoms with E-state index in [1.807, 2.05) is 0 Å². The number of rotatable bonds is 9. The molecule has 0 aliphatic carbocycles. The SMILES string of the molecule is c1ccc(CCN2[C@H](c3ccccc3)[C@@H](c3ccccc3)[C@@H](NCc3ccccc3)C[C@H]2c2ccccc2)cc1. The fraction of sp³-hybridized carbons (Fsp3) is 0.211. The summed E-state index contributed by atoms with van der Waals surface area (Å²) in [5, 5.41) is 4.05. The van der Waals surface area contributed by atoms with Gasteiger partial charge in [0.1, 0.15) is 0 Å². The molecular weight excluding hydrogens is 484 g/mol. The first-order chi connectivity index (χ1) is 19.9. The van der Waals surface area contributed by atoms with E-state index >= 15 is 0 Å². The summed E-state index contributed by atoms with van der Waals surface area (Å²) in [6.45, 7) is 1.86. The summed E-state index contributed by atoms with van der Waals surface area (Å²) in [6, 6.07) is 56.2. The maximum absolute atomic E-state index is 4.05. The maximum atomic E-state index is 4.05. The van der Waals surface area contributed by atoms with Gasteiger partial charge in [0, 0.05) is 37.1 Å². The Balaban J connectivity index is 1.44. The lowest BCUT2D eigenvalue weighted by atomic mass is 9.73. The second-order valence-corrected chi connectivity index (χ2v) is 10.9. The van der Waals surface area contributed by atoms with Crippen LogP contribution in [0.5, 0.6) is 0 Å². The molecule has 6 rings (SSSR count). The van der Waals surface area contributed by atoms with Gasteiger partial charge in [0.15, 0.2) is 0 Å². The molecule has 1 saturated heterocycles. The van der Waals surface area contributed by atoms with Crippen LogP contribution in [0.3, 0.4) is 0 Å². The van der Waals surface area contributed by atoms with Crippen LogP contribution >= 0.6 is 0 Å². The van der Waals surface area contributed by atoms with Crippen LogP contribution in [0.25, 0.3) is 0 Å². The van der Waals surface area contributed by atoms with Crippen molar-refractivity contribution in [2.45, 2.75) is 43.4 Å². The van der Waals surface area contributed by atoms with E-state index in [-0.39, 0.29) is 6.04 Å².